The van der Waals surface area contributed by atoms with Gasteiger partial charge in [-0.2, -0.15) is 0 Å². The number of ether oxygens (including phenoxy) is 2. The van der Waals surface area contributed by atoms with Gasteiger partial charge in [-0.05, 0) is 104 Å². The number of fused-ring (bicyclic) bond motifs is 1. The molecule has 0 radical (unpaired) electrons. The van der Waals surface area contributed by atoms with Crippen LogP contribution in [0.1, 0.15) is 54.1 Å². The van der Waals surface area contributed by atoms with Gasteiger partial charge >= 0.3 is 5.97 Å². The Hall–Kier alpha value is -3.40. The van der Waals surface area contributed by atoms with E-state index in [1.165, 1.54) is 7.11 Å². The van der Waals surface area contributed by atoms with Gasteiger partial charge in [0.25, 0.3) is 5.91 Å². The van der Waals surface area contributed by atoms with Crippen molar-refractivity contribution in [3.8, 4) is 5.75 Å². The van der Waals surface area contributed by atoms with Crippen LogP contribution in [0.25, 0.3) is 11.0 Å². The number of esters is 1. The Morgan fingerprint density at radius 2 is 1.84 bits per heavy atom. The molecule has 8 heteroatoms. The SMILES string of the molecule is COC(=O)C(C)(C)Oc1cccc(Cn2c(C)nc3cc(C(=O)N[C@@H](C)c4cccc(I)c4)ccc32)c1. The van der Waals surface area contributed by atoms with Crippen LogP contribution in [0.3, 0.4) is 0 Å². The summed E-state index contributed by atoms with van der Waals surface area (Å²) < 4.78 is 14.0. The van der Waals surface area contributed by atoms with E-state index in [9.17, 15) is 9.59 Å². The molecule has 1 amide bonds. The summed E-state index contributed by atoms with van der Waals surface area (Å²) in [5, 5.41) is 3.08. The topological polar surface area (TPSA) is 82.5 Å². The number of hydrogen-bond acceptors (Lipinski definition) is 5. The van der Waals surface area contributed by atoms with Crippen molar-refractivity contribution in [2.45, 2.75) is 45.9 Å². The monoisotopic (exact) mass is 611 g/mol. The molecule has 1 N–H and O–H groups in total. The number of nitrogens with one attached hydrogen (secondary N) is 1. The van der Waals surface area contributed by atoms with Gasteiger partial charge in [0.1, 0.15) is 11.6 Å². The van der Waals surface area contributed by atoms with Crippen LogP contribution in [0.5, 0.6) is 5.75 Å². The molecule has 0 aliphatic heterocycles. The number of nitrogens with zero attached hydrogens (tertiary/aromatic N) is 2. The van der Waals surface area contributed by atoms with Crippen molar-refractivity contribution in [1.29, 1.82) is 0 Å². The van der Waals surface area contributed by atoms with Crippen LogP contribution < -0.4 is 10.1 Å². The fraction of sp³-hybridized carbons (Fsp3) is 0.276. The zero-order valence-corrected chi connectivity index (χ0v) is 23.7. The number of aromatic nitrogens is 2. The third-order valence-electron chi connectivity index (χ3n) is 6.19. The van der Waals surface area contributed by atoms with Gasteiger partial charge in [0.2, 0.25) is 0 Å². The fourth-order valence-corrected chi connectivity index (χ4v) is 4.77. The molecule has 4 aromatic rings. The van der Waals surface area contributed by atoms with Gasteiger partial charge in [-0.1, -0.05) is 24.3 Å². The Morgan fingerprint density at radius 3 is 2.57 bits per heavy atom. The Balaban J connectivity index is 1.53. The van der Waals surface area contributed by atoms with Crippen molar-refractivity contribution in [3.05, 3.63) is 92.8 Å². The Morgan fingerprint density at radius 1 is 1.08 bits per heavy atom. The molecule has 0 unspecified atom stereocenters. The highest BCUT2D eigenvalue weighted by Gasteiger charge is 2.31. The minimum absolute atomic E-state index is 0.115. The molecule has 1 atom stereocenters. The summed E-state index contributed by atoms with van der Waals surface area (Å²) in [7, 11) is 1.34. The highest BCUT2D eigenvalue weighted by atomic mass is 127. The van der Waals surface area contributed by atoms with Gasteiger partial charge in [0, 0.05) is 15.7 Å². The highest BCUT2D eigenvalue weighted by molar-refractivity contribution is 14.1. The number of halogens is 1. The lowest BCUT2D eigenvalue weighted by Gasteiger charge is -2.23. The number of carbonyl (C=O) groups is 2. The number of imidazole rings is 1. The lowest BCUT2D eigenvalue weighted by atomic mass is 10.1. The van der Waals surface area contributed by atoms with Crippen molar-refractivity contribution in [2.24, 2.45) is 0 Å². The second kappa shape index (κ2) is 10.9. The molecule has 0 spiro atoms. The van der Waals surface area contributed by atoms with E-state index in [-0.39, 0.29) is 11.9 Å². The van der Waals surface area contributed by atoms with Crippen molar-refractivity contribution >= 4 is 45.5 Å². The normalized spacial score (nSPS) is 12.3. The van der Waals surface area contributed by atoms with Gasteiger partial charge in [0.15, 0.2) is 5.60 Å². The van der Waals surface area contributed by atoms with Crippen molar-refractivity contribution in [1.82, 2.24) is 14.9 Å². The number of benzene rings is 3. The molecule has 192 valence electrons. The standard InChI is InChI=1S/C29H30IN3O4/c1-18(21-9-7-10-23(30)15-21)31-27(34)22-12-13-26-25(16-22)32-19(2)33(26)17-20-8-6-11-24(14-20)37-29(3,4)28(35)36-5/h6-16,18H,17H2,1-5H3,(H,31,34)/t18-/m0/s1. The van der Waals surface area contributed by atoms with Gasteiger partial charge < -0.3 is 19.4 Å². The average Bonchev–Trinajstić information content (AvgIpc) is 3.17. The van der Waals surface area contributed by atoms with Crippen LogP contribution in [0, 0.1) is 10.5 Å². The second-order valence-corrected chi connectivity index (χ2v) is 10.7. The van der Waals surface area contributed by atoms with E-state index in [0.29, 0.717) is 17.9 Å². The first-order valence-electron chi connectivity index (χ1n) is 12.0. The summed E-state index contributed by atoms with van der Waals surface area (Å²) >= 11 is 2.27. The summed E-state index contributed by atoms with van der Waals surface area (Å²) in [5.74, 6) is 0.831. The quantitative estimate of drug-likeness (QED) is 0.201. The molecule has 0 saturated heterocycles. The third kappa shape index (κ3) is 6.12. The van der Waals surface area contributed by atoms with Crippen LogP contribution in [-0.2, 0) is 16.1 Å². The number of methoxy groups -OCH3 is 1. The second-order valence-electron chi connectivity index (χ2n) is 9.45. The molecule has 4 rings (SSSR count). The van der Waals surface area contributed by atoms with Crippen LogP contribution in [0.15, 0.2) is 66.7 Å². The summed E-state index contributed by atoms with van der Waals surface area (Å²) in [5.41, 5.74) is 3.21. The largest absolute Gasteiger partial charge is 0.476 e. The van der Waals surface area contributed by atoms with Crippen molar-refractivity contribution in [3.63, 3.8) is 0 Å². The molecule has 0 aliphatic rings. The molecule has 7 nitrogen and oxygen atoms in total. The summed E-state index contributed by atoms with van der Waals surface area (Å²) in [4.78, 5) is 29.7. The fourth-order valence-electron chi connectivity index (χ4n) is 4.20. The smallest absolute Gasteiger partial charge is 0.349 e. The van der Waals surface area contributed by atoms with E-state index in [2.05, 4.69) is 38.5 Å². The maximum absolute atomic E-state index is 13.0. The molecule has 3 aromatic carbocycles. The molecule has 1 aromatic heterocycles. The van der Waals surface area contributed by atoms with Gasteiger partial charge in [-0.25, -0.2) is 9.78 Å². The molecule has 0 fully saturated rings. The maximum Gasteiger partial charge on any atom is 0.349 e. The molecule has 0 bridgehead atoms. The third-order valence-corrected chi connectivity index (χ3v) is 6.86. The molecular formula is C29H30IN3O4. The number of hydrogen-bond donors (Lipinski definition) is 1. The van der Waals surface area contributed by atoms with Crippen LogP contribution >= 0.6 is 22.6 Å². The molecule has 1 heterocycles. The van der Waals surface area contributed by atoms with E-state index < -0.39 is 11.6 Å². The maximum atomic E-state index is 13.0. The summed E-state index contributed by atoms with van der Waals surface area (Å²) in [6, 6.07) is 21.2. The lowest BCUT2D eigenvalue weighted by molar-refractivity contribution is -0.156. The number of rotatable bonds is 8. The average molecular weight is 611 g/mol. The lowest BCUT2D eigenvalue weighted by Crippen LogP contribution is -2.39. The van der Waals surface area contributed by atoms with E-state index >= 15 is 0 Å². The van der Waals surface area contributed by atoms with Gasteiger partial charge in [-0.15, -0.1) is 0 Å². The highest BCUT2D eigenvalue weighted by Crippen LogP contribution is 2.24. The molecule has 0 saturated carbocycles. The van der Waals surface area contributed by atoms with Crippen molar-refractivity contribution < 1.29 is 19.1 Å². The first-order chi connectivity index (χ1) is 17.6. The molecular weight excluding hydrogens is 581 g/mol. The minimum atomic E-state index is -1.10. The van der Waals surface area contributed by atoms with Crippen molar-refractivity contribution in [2.75, 3.05) is 7.11 Å². The molecule has 37 heavy (non-hydrogen) atoms. The van der Waals surface area contributed by atoms with E-state index in [1.54, 1.807) is 13.8 Å². The number of carbonyl (C=O) groups excluding carboxylic acids is 2. The minimum Gasteiger partial charge on any atom is -0.476 e. The summed E-state index contributed by atoms with van der Waals surface area (Å²) in [6.07, 6.45) is 0. The Bertz CT molecular complexity index is 1460. The predicted molar refractivity (Wildman–Crippen MR) is 152 cm³/mol. The van der Waals surface area contributed by atoms with E-state index in [4.69, 9.17) is 14.5 Å². The molecule has 0 aliphatic carbocycles. The Labute approximate surface area is 230 Å². The first-order valence-corrected chi connectivity index (χ1v) is 13.0. The van der Waals surface area contributed by atoms with Gasteiger partial charge in [0.05, 0.1) is 24.2 Å². The number of aryl methyl sites for hydroxylation is 1. The van der Waals surface area contributed by atoms with Crippen LogP contribution in [0.4, 0.5) is 0 Å². The van der Waals surface area contributed by atoms with Gasteiger partial charge in [-0.3, -0.25) is 4.79 Å². The zero-order chi connectivity index (χ0) is 26.7. The zero-order valence-electron chi connectivity index (χ0n) is 21.5. The number of amides is 1. The van der Waals surface area contributed by atoms with Crippen LogP contribution in [-0.4, -0.2) is 34.1 Å². The van der Waals surface area contributed by atoms with E-state index in [1.807, 2.05) is 74.5 Å². The summed E-state index contributed by atoms with van der Waals surface area (Å²) in [6.45, 7) is 7.83. The first kappa shape index (κ1) is 26.7. The predicted octanol–water partition coefficient (Wildman–Crippen LogP) is 5.82. The van der Waals surface area contributed by atoms with Crippen LogP contribution in [0.2, 0.25) is 0 Å². The van der Waals surface area contributed by atoms with E-state index in [0.717, 1.165) is 31.6 Å². The Kier molecular flexibility index (Phi) is 7.87.